The molecule has 0 fully saturated rings. The second-order valence-electron chi connectivity index (χ2n) is 4.52. The normalized spacial score (nSPS) is 10.3. The maximum atomic E-state index is 11.0. The van der Waals surface area contributed by atoms with Crippen molar-refractivity contribution in [1.29, 1.82) is 0 Å². The van der Waals surface area contributed by atoms with Gasteiger partial charge in [-0.1, -0.05) is 48.5 Å². The Morgan fingerprint density at radius 2 is 1.57 bits per heavy atom. The summed E-state index contributed by atoms with van der Waals surface area (Å²) in [6, 6.07) is 19.1. The molecule has 3 rings (SSSR count). The van der Waals surface area contributed by atoms with Crippen LogP contribution in [-0.2, 0) is 0 Å². The van der Waals surface area contributed by atoms with Crippen molar-refractivity contribution in [2.24, 2.45) is 0 Å². The first-order valence-electron chi connectivity index (χ1n) is 6.46. The minimum atomic E-state index is -1.06. The SMILES string of the molecule is O=C(O)c1ccnc(-c2cccc(-c3ccccc3)c2)n1. The van der Waals surface area contributed by atoms with Crippen LogP contribution in [0.1, 0.15) is 10.5 Å². The van der Waals surface area contributed by atoms with Gasteiger partial charge in [0.1, 0.15) is 0 Å². The van der Waals surface area contributed by atoms with Gasteiger partial charge in [0.05, 0.1) is 0 Å². The van der Waals surface area contributed by atoms with Crippen LogP contribution >= 0.6 is 0 Å². The van der Waals surface area contributed by atoms with Crippen molar-refractivity contribution in [3.63, 3.8) is 0 Å². The molecule has 4 heteroatoms. The standard InChI is InChI=1S/C17H12N2O2/c20-17(21)15-9-10-18-16(19-15)14-8-4-7-13(11-14)12-5-2-1-3-6-12/h1-11H,(H,20,21). The molecule has 102 valence electrons. The molecule has 21 heavy (non-hydrogen) atoms. The second-order valence-corrected chi connectivity index (χ2v) is 4.52. The van der Waals surface area contributed by atoms with Gasteiger partial charge in [0.2, 0.25) is 0 Å². The molecule has 0 spiro atoms. The van der Waals surface area contributed by atoms with Gasteiger partial charge in [0.15, 0.2) is 11.5 Å². The zero-order valence-corrected chi connectivity index (χ0v) is 11.1. The van der Waals surface area contributed by atoms with E-state index in [2.05, 4.69) is 9.97 Å². The van der Waals surface area contributed by atoms with Crippen LogP contribution in [0.5, 0.6) is 0 Å². The van der Waals surface area contributed by atoms with Crippen molar-refractivity contribution < 1.29 is 9.90 Å². The molecule has 0 amide bonds. The lowest BCUT2D eigenvalue weighted by molar-refractivity contribution is 0.0690. The fourth-order valence-corrected chi connectivity index (χ4v) is 2.09. The molecule has 1 aromatic heterocycles. The molecular weight excluding hydrogens is 264 g/mol. The molecule has 0 unspecified atom stereocenters. The minimum Gasteiger partial charge on any atom is -0.477 e. The highest BCUT2D eigenvalue weighted by molar-refractivity contribution is 5.85. The summed E-state index contributed by atoms with van der Waals surface area (Å²) in [4.78, 5) is 19.2. The number of aromatic carboxylic acids is 1. The average Bonchev–Trinajstić information content (AvgIpc) is 2.56. The van der Waals surface area contributed by atoms with E-state index in [1.54, 1.807) is 0 Å². The Hall–Kier alpha value is -3.01. The zero-order chi connectivity index (χ0) is 14.7. The topological polar surface area (TPSA) is 63.1 Å². The summed E-state index contributed by atoms with van der Waals surface area (Å²) < 4.78 is 0. The van der Waals surface area contributed by atoms with Crippen molar-refractivity contribution >= 4 is 5.97 Å². The Labute approximate surface area is 121 Å². The van der Waals surface area contributed by atoms with Crippen LogP contribution in [0.2, 0.25) is 0 Å². The van der Waals surface area contributed by atoms with E-state index in [4.69, 9.17) is 5.11 Å². The fourth-order valence-electron chi connectivity index (χ4n) is 2.09. The van der Waals surface area contributed by atoms with E-state index >= 15 is 0 Å². The predicted molar refractivity (Wildman–Crippen MR) is 79.9 cm³/mol. The molecule has 0 radical (unpaired) electrons. The smallest absolute Gasteiger partial charge is 0.354 e. The van der Waals surface area contributed by atoms with Crippen molar-refractivity contribution in [2.75, 3.05) is 0 Å². The molecule has 2 aromatic carbocycles. The quantitative estimate of drug-likeness (QED) is 0.795. The molecule has 0 saturated heterocycles. The third-order valence-electron chi connectivity index (χ3n) is 3.10. The molecule has 0 saturated carbocycles. The van der Waals surface area contributed by atoms with Gasteiger partial charge >= 0.3 is 5.97 Å². The molecular formula is C17H12N2O2. The van der Waals surface area contributed by atoms with Gasteiger partial charge in [-0.25, -0.2) is 14.8 Å². The molecule has 1 N–H and O–H groups in total. The molecule has 0 atom stereocenters. The first-order chi connectivity index (χ1) is 10.2. The zero-order valence-electron chi connectivity index (χ0n) is 11.1. The first-order valence-corrected chi connectivity index (χ1v) is 6.46. The highest BCUT2D eigenvalue weighted by atomic mass is 16.4. The summed E-state index contributed by atoms with van der Waals surface area (Å²) in [5.41, 5.74) is 2.91. The van der Waals surface area contributed by atoms with Crippen LogP contribution in [0.15, 0.2) is 66.9 Å². The Kier molecular flexibility index (Phi) is 3.43. The fraction of sp³-hybridized carbons (Fsp3) is 0. The molecule has 0 aliphatic rings. The van der Waals surface area contributed by atoms with Gasteiger partial charge in [-0.2, -0.15) is 0 Å². The summed E-state index contributed by atoms with van der Waals surface area (Å²) in [5, 5.41) is 9.00. The van der Waals surface area contributed by atoms with Crippen LogP contribution in [0.4, 0.5) is 0 Å². The predicted octanol–water partition coefficient (Wildman–Crippen LogP) is 3.51. The number of benzene rings is 2. The number of hydrogen-bond acceptors (Lipinski definition) is 3. The molecule has 0 aliphatic carbocycles. The largest absolute Gasteiger partial charge is 0.477 e. The Morgan fingerprint density at radius 3 is 2.33 bits per heavy atom. The van der Waals surface area contributed by atoms with Gasteiger partial charge in [-0.3, -0.25) is 0 Å². The van der Waals surface area contributed by atoms with Crippen LogP contribution in [0.25, 0.3) is 22.5 Å². The van der Waals surface area contributed by atoms with E-state index in [-0.39, 0.29) is 5.69 Å². The molecule has 0 aliphatic heterocycles. The minimum absolute atomic E-state index is 0.00915. The highest BCUT2D eigenvalue weighted by Crippen LogP contribution is 2.24. The van der Waals surface area contributed by atoms with Crippen molar-refractivity contribution in [2.45, 2.75) is 0 Å². The number of nitrogens with zero attached hydrogens (tertiary/aromatic N) is 2. The Bertz CT molecular complexity index is 786. The molecule has 0 bridgehead atoms. The van der Waals surface area contributed by atoms with Crippen LogP contribution < -0.4 is 0 Å². The summed E-state index contributed by atoms with van der Waals surface area (Å²) in [7, 11) is 0. The summed E-state index contributed by atoms with van der Waals surface area (Å²) in [6.45, 7) is 0. The lowest BCUT2D eigenvalue weighted by Gasteiger charge is -2.05. The average molecular weight is 276 g/mol. The van der Waals surface area contributed by atoms with Crippen LogP contribution in [0.3, 0.4) is 0 Å². The molecule has 3 aromatic rings. The van der Waals surface area contributed by atoms with Crippen molar-refractivity contribution in [1.82, 2.24) is 9.97 Å². The van der Waals surface area contributed by atoms with E-state index in [9.17, 15) is 4.79 Å². The number of rotatable bonds is 3. The van der Waals surface area contributed by atoms with Crippen molar-refractivity contribution in [3.8, 4) is 22.5 Å². The van der Waals surface area contributed by atoms with Gasteiger partial charge < -0.3 is 5.11 Å². The van der Waals surface area contributed by atoms with Gasteiger partial charge in [-0.15, -0.1) is 0 Å². The summed E-state index contributed by atoms with van der Waals surface area (Å²) >= 11 is 0. The number of hydrogen-bond donors (Lipinski definition) is 1. The number of carboxylic acid groups (broad SMARTS) is 1. The van der Waals surface area contributed by atoms with Crippen LogP contribution in [0, 0.1) is 0 Å². The number of carbonyl (C=O) groups is 1. The molecule has 4 nitrogen and oxygen atoms in total. The Morgan fingerprint density at radius 1 is 0.857 bits per heavy atom. The number of aromatic nitrogens is 2. The molecule has 1 heterocycles. The third-order valence-corrected chi connectivity index (χ3v) is 3.10. The van der Waals surface area contributed by atoms with E-state index in [0.717, 1.165) is 16.7 Å². The van der Waals surface area contributed by atoms with E-state index < -0.39 is 5.97 Å². The monoisotopic (exact) mass is 276 g/mol. The van der Waals surface area contributed by atoms with E-state index in [0.29, 0.717) is 5.82 Å². The highest BCUT2D eigenvalue weighted by Gasteiger charge is 2.08. The van der Waals surface area contributed by atoms with Crippen molar-refractivity contribution in [3.05, 3.63) is 72.6 Å². The lowest BCUT2D eigenvalue weighted by Crippen LogP contribution is -2.02. The Balaban J connectivity index is 2.04. The van der Waals surface area contributed by atoms with E-state index in [1.807, 2.05) is 54.6 Å². The third kappa shape index (κ3) is 2.79. The maximum absolute atomic E-state index is 11.0. The second kappa shape index (κ2) is 5.54. The lowest BCUT2D eigenvalue weighted by atomic mass is 10.0. The van der Waals surface area contributed by atoms with Gasteiger partial charge in [0.25, 0.3) is 0 Å². The summed E-state index contributed by atoms with van der Waals surface area (Å²) in [5.74, 6) is -0.648. The maximum Gasteiger partial charge on any atom is 0.354 e. The number of carboxylic acids is 1. The van der Waals surface area contributed by atoms with Gasteiger partial charge in [0, 0.05) is 11.8 Å². The van der Waals surface area contributed by atoms with Gasteiger partial charge in [-0.05, 0) is 23.3 Å². The van der Waals surface area contributed by atoms with E-state index in [1.165, 1.54) is 12.3 Å². The first kappa shape index (κ1) is 13.0. The van der Waals surface area contributed by atoms with Crippen LogP contribution in [-0.4, -0.2) is 21.0 Å². The summed E-state index contributed by atoms with van der Waals surface area (Å²) in [6.07, 6.45) is 1.46.